The second-order valence-corrected chi connectivity index (χ2v) is 5.36. The van der Waals surface area contributed by atoms with Crippen LogP contribution in [0.2, 0.25) is 0 Å². The fourth-order valence-corrected chi connectivity index (χ4v) is 2.34. The summed E-state index contributed by atoms with van der Waals surface area (Å²) < 4.78 is 15.5. The number of rotatable bonds is 6. The van der Waals surface area contributed by atoms with Gasteiger partial charge in [0, 0.05) is 0 Å². The van der Waals surface area contributed by atoms with Crippen LogP contribution in [0.15, 0.2) is 24.3 Å². The van der Waals surface area contributed by atoms with Crippen LogP contribution in [0.3, 0.4) is 0 Å². The SMILES string of the molecule is COc1cc(/C=C\CO[C@@H]2O[C@H](CO)[C@@H](O)[C@H](O)[C@H]2O)ccc1O. The summed E-state index contributed by atoms with van der Waals surface area (Å²) in [5, 5.41) is 47.8. The molecule has 1 heterocycles. The van der Waals surface area contributed by atoms with Gasteiger partial charge in [-0.05, 0) is 17.7 Å². The van der Waals surface area contributed by atoms with E-state index in [4.69, 9.17) is 19.3 Å². The first-order valence-electron chi connectivity index (χ1n) is 7.43. The van der Waals surface area contributed by atoms with E-state index in [2.05, 4.69) is 0 Å². The molecule has 0 aliphatic carbocycles. The van der Waals surface area contributed by atoms with Crippen molar-refractivity contribution >= 4 is 6.08 Å². The summed E-state index contributed by atoms with van der Waals surface area (Å²) in [6, 6.07) is 4.82. The number of hydrogen-bond donors (Lipinski definition) is 5. The minimum atomic E-state index is -1.47. The summed E-state index contributed by atoms with van der Waals surface area (Å²) in [6.07, 6.45) is -3.11. The molecule has 1 aliphatic rings. The number of aromatic hydroxyl groups is 1. The van der Waals surface area contributed by atoms with E-state index in [1.807, 2.05) is 0 Å². The maximum atomic E-state index is 9.83. The minimum absolute atomic E-state index is 0.0345. The quantitative estimate of drug-likeness (QED) is 0.456. The highest BCUT2D eigenvalue weighted by Crippen LogP contribution is 2.27. The molecular formula is C16H22O8. The molecule has 0 aromatic heterocycles. The van der Waals surface area contributed by atoms with Gasteiger partial charge in [0.1, 0.15) is 24.4 Å². The Hall–Kier alpha value is -1.68. The number of phenolic OH excluding ortho intramolecular Hbond substituents is 1. The first-order valence-corrected chi connectivity index (χ1v) is 7.43. The number of phenols is 1. The van der Waals surface area contributed by atoms with Crippen molar-refractivity contribution < 1.29 is 39.7 Å². The lowest BCUT2D eigenvalue weighted by Crippen LogP contribution is -2.59. The molecule has 8 heteroatoms. The van der Waals surface area contributed by atoms with Gasteiger partial charge in [-0.2, -0.15) is 0 Å². The molecule has 5 atom stereocenters. The molecule has 1 aromatic carbocycles. The molecule has 1 aliphatic heterocycles. The molecule has 0 bridgehead atoms. The van der Waals surface area contributed by atoms with Crippen molar-refractivity contribution in [1.29, 1.82) is 0 Å². The molecule has 8 nitrogen and oxygen atoms in total. The van der Waals surface area contributed by atoms with Crippen molar-refractivity contribution in [1.82, 2.24) is 0 Å². The predicted octanol–water partition coefficient (Wildman–Crippen LogP) is -0.770. The number of methoxy groups -OCH3 is 1. The fourth-order valence-electron chi connectivity index (χ4n) is 2.34. The third kappa shape index (κ3) is 4.23. The molecule has 0 radical (unpaired) electrons. The zero-order valence-corrected chi connectivity index (χ0v) is 13.1. The Kier molecular flexibility index (Phi) is 6.55. The first kappa shape index (κ1) is 18.7. The van der Waals surface area contributed by atoms with Crippen LogP contribution in [0.1, 0.15) is 5.56 Å². The Morgan fingerprint density at radius 2 is 1.92 bits per heavy atom. The molecule has 1 saturated heterocycles. The Labute approximate surface area is 139 Å². The molecule has 24 heavy (non-hydrogen) atoms. The Bertz CT molecular complexity index is 559. The van der Waals surface area contributed by atoms with Gasteiger partial charge in [-0.15, -0.1) is 0 Å². The largest absolute Gasteiger partial charge is 0.504 e. The van der Waals surface area contributed by atoms with E-state index in [1.54, 1.807) is 24.3 Å². The lowest BCUT2D eigenvalue weighted by Gasteiger charge is -2.39. The van der Waals surface area contributed by atoms with Crippen molar-refractivity contribution in [2.75, 3.05) is 20.3 Å². The highest BCUT2D eigenvalue weighted by Gasteiger charge is 2.43. The lowest BCUT2D eigenvalue weighted by atomic mass is 9.99. The summed E-state index contributed by atoms with van der Waals surface area (Å²) in [6.45, 7) is -0.445. The third-order valence-electron chi connectivity index (χ3n) is 3.72. The van der Waals surface area contributed by atoms with Gasteiger partial charge in [0.15, 0.2) is 17.8 Å². The van der Waals surface area contributed by atoms with Crippen LogP contribution in [0.4, 0.5) is 0 Å². The fraction of sp³-hybridized carbons (Fsp3) is 0.500. The minimum Gasteiger partial charge on any atom is -0.504 e. The van der Waals surface area contributed by atoms with Gasteiger partial charge < -0.3 is 39.7 Å². The monoisotopic (exact) mass is 342 g/mol. The summed E-state index contributed by atoms with van der Waals surface area (Å²) in [5.41, 5.74) is 0.766. The number of aliphatic hydroxyl groups excluding tert-OH is 4. The van der Waals surface area contributed by atoms with Crippen LogP contribution < -0.4 is 4.74 Å². The first-order chi connectivity index (χ1) is 11.5. The van der Waals surface area contributed by atoms with E-state index in [0.717, 1.165) is 5.56 Å². The predicted molar refractivity (Wildman–Crippen MR) is 83.4 cm³/mol. The molecule has 0 unspecified atom stereocenters. The summed E-state index contributed by atoms with van der Waals surface area (Å²) in [7, 11) is 1.45. The molecule has 0 amide bonds. The highest BCUT2D eigenvalue weighted by atomic mass is 16.7. The van der Waals surface area contributed by atoms with E-state index in [1.165, 1.54) is 13.2 Å². The van der Waals surface area contributed by atoms with Gasteiger partial charge >= 0.3 is 0 Å². The van der Waals surface area contributed by atoms with Crippen LogP contribution in [0, 0.1) is 0 Å². The molecular weight excluding hydrogens is 320 g/mol. The average Bonchev–Trinajstić information content (AvgIpc) is 2.59. The second-order valence-electron chi connectivity index (χ2n) is 5.36. The Balaban J connectivity index is 1.91. The van der Waals surface area contributed by atoms with E-state index in [-0.39, 0.29) is 12.4 Å². The van der Waals surface area contributed by atoms with Crippen molar-refractivity contribution in [3.05, 3.63) is 29.8 Å². The van der Waals surface area contributed by atoms with Gasteiger partial charge in [-0.3, -0.25) is 0 Å². The van der Waals surface area contributed by atoms with E-state index in [9.17, 15) is 20.4 Å². The Morgan fingerprint density at radius 3 is 2.58 bits per heavy atom. The zero-order valence-electron chi connectivity index (χ0n) is 13.1. The maximum Gasteiger partial charge on any atom is 0.187 e. The number of hydrogen-bond acceptors (Lipinski definition) is 8. The van der Waals surface area contributed by atoms with Gasteiger partial charge in [0.2, 0.25) is 0 Å². The van der Waals surface area contributed by atoms with Crippen LogP contribution in [0.25, 0.3) is 6.08 Å². The topological polar surface area (TPSA) is 129 Å². The van der Waals surface area contributed by atoms with Crippen molar-refractivity contribution in [3.63, 3.8) is 0 Å². The van der Waals surface area contributed by atoms with Gasteiger partial charge in [-0.1, -0.05) is 18.2 Å². The van der Waals surface area contributed by atoms with Gasteiger partial charge in [0.05, 0.1) is 20.3 Å². The molecule has 0 spiro atoms. The smallest absolute Gasteiger partial charge is 0.187 e. The van der Waals surface area contributed by atoms with E-state index in [0.29, 0.717) is 5.75 Å². The van der Waals surface area contributed by atoms with E-state index < -0.39 is 37.3 Å². The summed E-state index contributed by atoms with van der Waals surface area (Å²) in [5.74, 6) is 0.374. The van der Waals surface area contributed by atoms with Crippen LogP contribution in [0.5, 0.6) is 11.5 Å². The van der Waals surface area contributed by atoms with Crippen LogP contribution >= 0.6 is 0 Å². The van der Waals surface area contributed by atoms with Crippen molar-refractivity contribution in [2.24, 2.45) is 0 Å². The van der Waals surface area contributed by atoms with Gasteiger partial charge in [-0.25, -0.2) is 0 Å². The van der Waals surface area contributed by atoms with Crippen LogP contribution in [-0.2, 0) is 9.47 Å². The average molecular weight is 342 g/mol. The maximum absolute atomic E-state index is 9.83. The lowest BCUT2D eigenvalue weighted by molar-refractivity contribution is -0.298. The van der Waals surface area contributed by atoms with Gasteiger partial charge in [0.25, 0.3) is 0 Å². The molecule has 1 fully saturated rings. The normalized spacial score (nSPS) is 30.6. The Morgan fingerprint density at radius 1 is 1.17 bits per heavy atom. The number of ether oxygens (including phenoxy) is 3. The molecule has 5 N–H and O–H groups in total. The molecule has 2 rings (SSSR count). The van der Waals surface area contributed by atoms with Crippen LogP contribution in [-0.4, -0.2) is 76.6 Å². The summed E-state index contributed by atoms with van der Waals surface area (Å²) in [4.78, 5) is 0. The number of benzene rings is 1. The third-order valence-corrected chi connectivity index (χ3v) is 3.72. The number of aliphatic hydroxyl groups is 4. The van der Waals surface area contributed by atoms with Crippen molar-refractivity contribution in [2.45, 2.75) is 30.7 Å². The summed E-state index contributed by atoms with van der Waals surface area (Å²) >= 11 is 0. The van der Waals surface area contributed by atoms with E-state index >= 15 is 0 Å². The molecule has 0 saturated carbocycles. The van der Waals surface area contributed by atoms with Crippen molar-refractivity contribution in [3.8, 4) is 11.5 Å². The molecule has 134 valence electrons. The second kappa shape index (κ2) is 8.43. The zero-order chi connectivity index (χ0) is 17.7. The highest BCUT2D eigenvalue weighted by molar-refractivity contribution is 5.55. The standard InChI is InChI=1S/C16H22O8/c1-22-11-7-9(4-5-10(11)18)3-2-6-23-16-15(21)14(20)13(19)12(8-17)24-16/h2-5,7,12-21H,6,8H2,1H3/b3-2-/t12-,13-,14+,15-,16-/m1/s1. The molecule has 1 aromatic rings.